The van der Waals surface area contributed by atoms with Crippen LogP contribution in [0.5, 0.6) is 0 Å². The average Bonchev–Trinajstić information content (AvgIpc) is 3.21. The van der Waals surface area contributed by atoms with Crippen LogP contribution in [0.3, 0.4) is 0 Å². The molecular weight excluding hydrogens is 755 g/mol. The van der Waals surface area contributed by atoms with Crippen molar-refractivity contribution in [1.29, 1.82) is 0 Å². The van der Waals surface area contributed by atoms with Crippen molar-refractivity contribution in [2.24, 2.45) is 0 Å². The number of phosphoric acid groups is 1. The van der Waals surface area contributed by atoms with Crippen LogP contribution in [0.25, 0.3) is 0 Å². The molecule has 0 radical (unpaired) electrons. The van der Waals surface area contributed by atoms with Gasteiger partial charge in [0.05, 0.1) is 26.4 Å². The molecule has 0 heterocycles. The van der Waals surface area contributed by atoms with Gasteiger partial charge in [-0.2, -0.15) is 0 Å². The number of aliphatic hydroxyl groups is 2. The number of ether oxygens (including phenoxy) is 2. The van der Waals surface area contributed by atoms with Gasteiger partial charge in [0.1, 0.15) is 12.2 Å². The van der Waals surface area contributed by atoms with Crippen molar-refractivity contribution in [3.8, 4) is 0 Å². The molecule has 0 aromatic rings. The SMILES string of the molecule is CC/C=C\C/C=C\C/C=C\C/C=C\C/C=C\CCCCCC(=O)OC(CO)COP(=O)(O)OCC(CO)OC(=O)CCCCCCC/C=C\CCCCCCCCC. The first kappa shape index (κ1) is 55.4. The smallest absolute Gasteiger partial charge is 0.457 e. The third-order valence-electron chi connectivity index (χ3n) is 9.15. The summed E-state index contributed by atoms with van der Waals surface area (Å²) in [6.45, 7) is 2.04. The van der Waals surface area contributed by atoms with Crippen LogP contribution >= 0.6 is 7.82 Å². The van der Waals surface area contributed by atoms with Crippen LogP contribution in [-0.2, 0) is 32.7 Å². The Morgan fingerprint density at radius 2 is 0.810 bits per heavy atom. The lowest BCUT2D eigenvalue weighted by atomic mass is 10.1. The second-order valence-electron chi connectivity index (χ2n) is 14.6. The Bertz CT molecular complexity index is 1190. The molecule has 0 aliphatic heterocycles. The van der Waals surface area contributed by atoms with Gasteiger partial charge in [0.25, 0.3) is 0 Å². The van der Waals surface area contributed by atoms with E-state index in [-0.39, 0.29) is 12.8 Å². The molecule has 3 atom stereocenters. The van der Waals surface area contributed by atoms with E-state index < -0.39 is 58.4 Å². The van der Waals surface area contributed by atoms with E-state index in [1.54, 1.807) is 0 Å². The van der Waals surface area contributed by atoms with Gasteiger partial charge in [-0.15, -0.1) is 0 Å². The van der Waals surface area contributed by atoms with Gasteiger partial charge >= 0.3 is 19.8 Å². The summed E-state index contributed by atoms with van der Waals surface area (Å²) < 4.78 is 32.6. The minimum absolute atomic E-state index is 0.149. The standard InChI is InChI=1S/C47H81O10P/c1-3-5-7-9-11-13-15-17-19-21-22-23-25-27-29-31-33-35-37-39-47(51)57-45(41-49)43-55-58(52,53)54-42-44(40-48)56-46(50)38-36-34-32-30-28-26-24-20-18-16-14-12-10-8-6-4-2/h5,7,11,13,17,19-20,22-24,27,29,44-45,48-49H,3-4,6,8-10,12,14-16,18,21,25-26,28,30-43H2,1-2H3,(H,52,53)/b7-5-,13-11-,19-17-,23-22-,24-20-,29-27-. The molecule has 11 heteroatoms. The molecule has 3 unspecified atom stereocenters. The van der Waals surface area contributed by atoms with Crippen molar-refractivity contribution in [3.63, 3.8) is 0 Å². The topological polar surface area (TPSA) is 149 Å². The highest BCUT2D eigenvalue weighted by Gasteiger charge is 2.27. The summed E-state index contributed by atoms with van der Waals surface area (Å²) >= 11 is 0. The number of allylic oxidation sites excluding steroid dienone is 12. The van der Waals surface area contributed by atoms with Gasteiger partial charge in [-0.1, -0.05) is 151 Å². The largest absolute Gasteiger partial charge is 0.472 e. The van der Waals surface area contributed by atoms with E-state index in [1.165, 1.54) is 44.9 Å². The second-order valence-corrected chi connectivity index (χ2v) is 16.1. The Hall–Kier alpha value is -2.59. The molecule has 0 rings (SSSR count). The molecule has 0 saturated carbocycles. The maximum atomic E-state index is 12.4. The Labute approximate surface area is 352 Å². The summed E-state index contributed by atoms with van der Waals surface area (Å²) in [5, 5.41) is 19.2. The molecule has 0 saturated heterocycles. The summed E-state index contributed by atoms with van der Waals surface area (Å²) in [6, 6.07) is 0. The number of phosphoric ester groups is 1. The highest BCUT2D eigenvalue weighted by atomic mass is 31.2. The summed E-state index contributed by atoms with van der Waals surface area (Å²) in [7, 11) is -4.65. The molecule has 334 valence electrons. The molecule has 0 aromatic carbocycles. The molecule has 0 aromatic heterocycles. The minimum atomic E-state index is -4.65. The van der Waals surface area contributed by atoms with Crippen LogP contribution in [0.2, 0.25) is 0 Å². The first-order valence-corrected chi connectivity index (χ1v) is 23.9. The van der Waals surface area contributed by atoms with E-state index >= 15 is 0 Å². The summed E-state index contributed by atoms with van der Waals surface area (Å²) in [6.07, 6.45) is 48.7. The quantitative estimate of drug-likeness (QED) is 0.0235. The van der Waals surface area contributed by atoms with E-state index in [0.29, 0.717) is 12.8 Å². The molecular formula is C47H81O10P. The van der Waals surface area contributed by atoms with Gasteiger partial charge in [0.15, 0.2) is 0 Å². The molecule has 0 bridgehead atoms. The molecule has 0 amide bonds. The Kier molecular flexibility index (Phi) is 40.6. The van der Waals surface area contributed by atoms with Gasteiger partial charge in [0, 0.05) is 12.8 Å². The lowest BCUT2D eigenvalue weighted by Crippen LogP contribution is -2.28. The zero-order chi connectivity index (χ0) is 42.6. The van der Waals surface area contributed by atoms with E-state index in [4.69, 9.17) is 18.5 Å². The number of rotatable bonds is 41. The predicted molar refractivity (Wildman–Crippen MR) is 237 cm³/mol. The zero-order valence-corrected chi connectivity index (χ0v) is 37.1. The molecule has 0 fully saturated rings. The van der Waals surface area contributed by atoms with E-state index in [1.807, 2.05) is 0 Å². The number of hydrogen-bond acceptors (Lipinski definition) is 9. The summed E-state index contributed by atoms with van der Waals surface area (Å²) in [5.41, 5.74) is 0. The van der Waals surface area contributed by atoms with Crippen molar-refractivity contribution in [1.82, 2.24) is 0 Å². The number of carbonyl (C=O) groups excluding carboxylic acids is 2. The third-order valence-corrected chi connectivity index (χ3v) is 10.1. The lowest BCUT2D eigenvalue weighted by molar-refractivity contribution is -0.153. The van der Waals surface area contributed by atoms with Gasteiger partial charge in [-0.05, 0) is 83.5 Å². The van der Waals surface area contributed by atoms with Crippen molar-refractivity contribution in [3.05, 3.63) is 72.9 Å². The number of aliphatic hydroxyl groups excluding tert-OH is 2. The average molecular weight is 837 g/mol. The zero-order valence-electron chi connectivity index (χ0n) is 36.2. The lowest BCUT2D eigenvalue weighted by Gasteiger charge is -2.20. The van der Waals surface area contributed by atoms with Gasteiger partial charge in [-0.25, -0.2) is 4.57 Å². The Morgan fingerprint density at radius 1 is 0.483 bits per heavy atom. The minimum Gasteiger partial charge on any atom is -0.457 e. The van der Waals surface area contributed by atoms with Gasteiger partial charge in [0.2, 0.25) is 0 Å². The summed E-state index contributed by atoms with van der Waals surface area (Å²) in [5.74, 6) is -1.06. The van der Waals surface area contributed by atoms with E-state index in [9.17, 15) is 29.3 Å². The maximum Gasteiger partial charge on any atom is 0.472 e. The third kappa shape index (κ3) is 40.2. The monoisotopic (exact) mass is 837 g/mol. The van der Waals surface area contributed by atoms with Crippen LogP contribution < -0.4 is 0 Å². The molecule has 0 aliphatic rings. The van der Waals surface area contributed by atoms with Crippen LogP contribution in [0.1, 0.15) is 174 Å². The molecule has 10 nitrogen and oxygen atoms in total. The first-order chi connectivity index (χ1) is 28.3. The van der Waals surface area contributed by atoms with Crippen LogP contribution in [0.4, 0.5) is 0 Å². The fourth-order valence-electron chi connectivity index (χ4n) is 5.72. The number of unbranched alkanes of at least 4 members (excludes halogenated alkanes) is 15. The van der Waals surface area contributed by atoms with Gasteiger partial charge < -0.3 is 24.6 Å². The molecule has 3 N–H and O–H groups in total. The fraction of sp³-hybridized carbons (Fsp3) is 0.702. The van der Waals surface area contributed by atoms with Crippen LogP contribution in [0, 0.1) is 0 Å². The molecule has 0 aliphatic carbocycles. The maximum absolute atomic E-state index is 12.4. The highest BCUT2D eigenvalue weighted by Crippen LogP contribution is 2.43. The van der Waals surface area contributed by atoms with E-state index in [2.05, 4.69) is 86.8 Å². The van der Waals surface area contributed by atoms with Crippen LogP contribution in [0.15, 0.2) is 72.9 Å². The van der Waals surface area contributed by atoms with Crippen LogP contribution in [-0.4, -0.2) is 65.7 Å². The second kappa shape index (κ2) is 42.5. The first-order valence-electron chi connectivity index (χ1n) is 22.4. The van der Waals surface area contributed by atoms with Crippen molar-refractivity contribution < 1.29 is 47.8 Å². The van der Waals surface area contributed by atoms with Crippen molar-refractivity contribution >= 4 is 19.8 Å². The normalized spacial score (nSPS) is 14.5. The highest BCUT2D eigenvalue weighted by molar-refractivity contribution is 7.47. The summed E-state index contributed by atoms with van der Waals surface area (Å²) in [4.78, 5) is 34.5. The number of carbonyl (C=O) groups is 2. The van der Waals surface area contributed by atoms with E-state index in [0.717, 1.165) is 89.9 Å². The number of esters is 2. The fourth-order valence-corrected chi connectivity index (χ4v) is 6.51. The molecule has 58 heavy (non-hydrogen) atoms. The Balaban J connectivity index is 3.99. The number of hydrogen-bond donors (Lipinski definition) is 3. The Morgan fingerprint density at radius 3 is 1.21 bits per heavy atom. The van der Waals surface area contributed by atoms with Crippen molar-refractivity contribution in [2.45, 2.75) is 187 Å². The predicted octanol–water partition coefficient (Wildman–Crippen LogP) is 12.1. The molecule has 0 spiro atoms. The van der Waals surface area contributed by atoms with Gasteiger partial charge in [-0.3, -0.25) is 18.6 Å². The van der Waals surface area contributed by atoms with Crippen molar-refractivity contribution in [2.75, 3.05) is 26.4 Å².